The Morgan fingerprint density at radius 2 is 2.17 bits per heavy atom. The number of nitrogens with two attached hydrogens (primary N) is 1. The van der Waals surface area contributed by atoms with E-state index in [1.54, 1.807) is 0 Å². The van der Waals surface area contributed by atoms with Gasteiger partial charge in [0, 0.05) is 6.54 Å². The van der Waals surface area contributed by atoms with Gasteiger partial charge in [0.1, 0.15) is 0 Å². The van der Waals surface area contributed by atoms with Crippen LogP contribution in [-0.2, 0) is 0 Å². The second-order valence-corrected chi connectivity index (χ2v) is 3.37. The van der Waals surface area contributed by atoms with Gasteiger partial charge in [0.05, 0.1) is 11.7 Å². The predicted octanol–water partition coefficient (Wildman–Crippen LogP) is 1.04. The van der Waals surface area contributed by atoms with Crippen molar-refractivity contribution < 1.29 is 0 Å². The zero-order valence-electron chi connectivity index (χ0n) is 6.77. The lowest BCUT2D eigenvalue weighted by molar-refractivity contribution is 0.267. The van der Waals surface area contributed by atoms with Gasteiger partial charge in [-0.05, 0) is 18.1 Å². The molecule has 1 aromatic carbocycles. The number of benzene rings is 1. The molecule has 0 amide bonds. The van der Waals surface area contributed by atoms with Crippen LogP contribution in [0.15, 0.2) is 24.3 Å². The standard InChI is InChI=1S/C9H11N3/c10-12-9-5-6-11(12)8-4-2-1-3-7(8)9/h1-4,9H,5-6,10H2. The van der Waals surface area contributed by atoms with Crippen LogP contribution in [0, 0.1) is 0 Å². The quantitative estimate of drug-likeness (QED) is 0.577. The van der Waals surface area contributed by atoms with Gasteiger partial charge in [-0.3, -0.25) is 5.01 Å². The van der Waals surface area contributed by atoms with Gasteiger partial charge in [0.15, 0.2) is 0 Å². The summed E-state index contributed by atoms with van der Waals surface area (Å²) in [5, 5.41) is 4.00. The summed E-state index contributed by atoms with van der Waals surface area (Å²) < 4.78 is 0. The van der Waals surface area contributed by atoms with Crippen molar-refractivity contribution in [1.82, 2.24) is 5.12 Å². The molecule has 0 aromatic heterocycles. The molecular weight excluding hydrogens is 150 g/mol. The molecule has 1 aromatic rings. The summed E-state index contributed by atoms with van der Waals surface area (Å²) in [6.45, 7) is 1.07. The molecule has 62 valence electrons. The van der Waals surface area contributed by atoms with Gasteiger partial charge in [-0.15, -0.1) is 0 Å². The Bertz CT molecular complexity index is 292. The van der Waals surface area contributed by atoms with Crippen LogP contribution in [0.5, 0.6) is 0 Å². The molecular formula is C9H11N3. The van der Waals surface area contributed by atoms with E-state index in [1.807, 2.05) is 5.12 Å². The van der Waals surface area contributed by atoms with Crippen molar-refractivity contribution in [2.24, 2.45) is 5.84 Å². The number of anilines is 1. The normalized spacial score (nSPS) is 26.4. The molecule has 1 unspecified atom stereocenters. The third-order valence-corrected chi connectivity index (χ3v) is 2.79. The van der Waals surface area contributed by atoms with Gasteiger partial charge in [0.2, 0.25) is 0 Å². The fourth-order valence-corrected chi connectivity index (χ4v) is 2.21. The summed E-state index contributed by atoms with van der Waals surface area (Å²) in [6.07, 6.45) is 1.16. The van der Waals surface area contributed by atoms with Crippen molar-refractivity contribution >= 4 is 5.69 Å². The lowest BCUT2D eigenvalue weighted by Crippen LogP contribution is -2.38. The van der Waals surface area contributed by atoms with Crippen molar-refractivity contribution in [2.45, 2.75) is 12.5 Å². The maximum absolute atomic E-state index is 5.89. The first-order valence-electron chi connectivity index (χ1n) is 4.28. The summed E-state index contributed by atoms with van der Waals surface area (Å²) in [4.78, 5) is 0. The van der Waals surface area contributed by atoms with E-state index in [4.69, 9.17) is 5.84 Å². The van der Waals surface area contributed by atoms with Crippen LogP contribution in [0.3, 0.4) is 0 Å². The molecule has 1 saturated heterocycles. The molecule has 2 heterocycles. The first-order chi connectivity index (χ1) is 5.88. The molecule has 0 saturated carbocycles. The topological polar surface area (TPSA) is 32.5 Å². The van der Waals surface area contributed by atoms with Gasteiger partial charge in [-0.2, -0.15) is 5.12 Å². The molecule has 2 bridgehead atoms. The third kappa shape index (κ3) is 0.589. The minimum Gasteiger partial charge on any atom is -0.292 e. The largest absolute Gasteiger partial charge is 0.292 e. The lowest BCUT2D eigenvalue weighted by Gasteiger charge is -2.20. The molecule has 2 aliphatic heterocycles. The highest BCUT2D eigenvalue weighted by atomic mass is 15.8. The first kappa shape index (κ1) is 6.46. The van der Waals surface area contributed by atoms with E-state index in [0.717, 1.165) is 13.0 Å². The van der Waals surface area contributed by atoms with Crippen LogP contribution >= 0.6 is 0 Å². The predicted molar refractivity (Wildman–Crippen MR) is 47.2 cm³/mol. The molecule has 3 nitrogen and oxygen atoms in total. The Balaban J connectivity index is 2.21. The molecule has 2 N–H and O–H groups in total. The molecule has 0 aliphatic carbocycles. The minimum absolute atomic E-state index is 0.432. The Labute approximate surface area is 71.3 Å². The van der Waals surface area contributed by atoms with Crippen molar-refractivity contribution in [3.63, 3.8) is 0 Å². The van der Waals surface area contributed by atoms with Gasteiger partial charge in [-0.1, -0.05) is 18.2 Å². The fourth-order valence-electron chi connectivity index (χ4n) is 2.21. The van der Waals surface area contributed by atoms with Crippen molar-refractivity contribution in [1.29, 1.82) is 0 Å². The summed E-state index contributed by atoms with van der Waals surface area (Å²) in [7, 11) is 0. The van der Waals surface area contributed by atoms with Crippen LogP contribution in [0.25, 0.3) is 0 Å². The number of hydrogen-bond donors (Lipinski definition) is 1. The average Bonchev–Trinajstić information content (AvgIpc) is 2.61. The number of nitrogens with zero attached hydrogens (tertiary/aromatic N) is 2. The number of hydrogen-bond acceptors (Lipinski definition) is 3. The summed E-state index contributed by atoms with van der Waals surface area (Å²) in [5.74, 6) is 5.89. The zero-order chi connectivity index (χ0) is 8.13. The van der Waals surface area contributed by atoms with Crippen LogP contribution in [0.1, 0.15) is 18.0 Å². The van der Waals surface area contributed by atoms with Crippen LogP contribution < -0.4 is 10.9 Å². The molecule has 1 fully saturated rings. The van der Waals surface area contributed by atoms with Crippen molar-refractivity contribution in [3.8, 4) is 0 Å². The highest BCUT2D eigenvalue weighted by molar-refractivity contribution is 5.59. The highest BCUT2D eigenvalue weighted by Gasteiger charge is 2.39. The molecule has 1 atom stereocenters. The Morgan fingerprint density at radius 3 is 3.00 bits per heavy atom. The van der Waals surface area contributed by atoms with Crippen LogP contribution in [-0.4, -0.2) is 11.7 Å². The SMILES string of the molecule is NN1C2CCN1c1ccccc12. The second kappa shape index (κ2) is 2.00. The first-order valence-corrected chi connectivity index (χ1v) is 4.28. The minimum atomic E-state index is 0.432. The van der Waals surface area contributed by atoms with Crippen LogP contribution in [0.4, 0.5) is 5.69 Å². The van der Waals surface area contributed by atoms with E-state index in [1.165, 1.54) is 11.3 Å². The van der Waals surface area contributed by atoms with E-state index in [2.05, 4.69) is 29.3 Å². The maximum atomic E-state index is 5.89. The number of para-hydroxylation sites is 1. The molecule has 12 heavy (non-hydrogen) atoms. The van der Waals surface area contributed by atoms with Gasteiger partial charge in [-0.25, -0.2) is 5.84 Å². The average molecular weight is 161 g/mol. The molecule has 3 rings (SSSR count). The zero-order valence-corrected chi connectivity index (χ0v) is 6.77. The maximum Gasteiger partial charge on any atom is 0.0736 e. The van der Waals surface area contributed by atoms with Crippen molar-refractivity contribution in [2.75, 3.05) is 11.6 Å². The molecule has 2 aliphatic rings. The van der Waals surface area contributed by atoms with E-state index in [-0.39, 0.29) is 0 Å². The monoisotopic (exact) mass is 161 g/mol. The van der Waals surface area contributed by atoms with Gasteiger partial charge in [0.25, 0.3) is 0 Å². The fraction of sp³-hybridized carbons (Fsp3) is 0.333. The highest BCUT2D eigenvalue weighted by Crippen LogP contribution is 2.44. The molecule has 0 spiro atoms. The van der Waals surface area contributed by atoms with E-state index in [9.17, 15) is 0 Å². The number of rotatable bonds is 0. The van der Waals surface area contributed by atoms with Gasteiger partial charge < -0.3 is 0 Å². The summed E-state index contributed by atoms with van der Waals surface area (Å²) >= 11 is 0. The molecule has 3 heteroatoms. The molecule has 0 radical (unpaired) electrons. The smallest absolute Gasteiger partial charge is 0.0736 e. The number of hydrazine groups is 2. The Hall–Kier alpha value is -1.06. The van der Waals surface area contributed by atoms with E-state index in [0.29, 0.717) is 6.04 Å². The summed E-state index contributed by atoms with van der Waals surface area (Å²) in [6, 6.07) is 8.87. The van der Waals surface area contributed by atoms with E-state index < -0.39 is 0 Å². The Morgan fingerprint density at radius 1 is 1.33 bits per heavy atom. The lowest BCUT2D eigenvalue weighted by atomic mass is 10.0. The summed E-state index contributed by atoms with van der Waals surface area (Å²) in [5.41, 5.74) is 2.67. The Kier molecular flexibility index (Phi) is 1.07. The second-order valence-electron chi connectivity index (χ2n) is 3.37. The van der Waals surface area contributed by atoms with Gasteiger partial charge >= 0.3 is 0 Å². The van der Waals surface area contributed by atoms with Crippen LogP contribution in [0.2, 0.25) is 0 Å². The van der Waals surface area contributed by atoms with Crippen molar-refractivity contribution in [3.05, 3.63) is 29.8 Å². The third-order valence-electron chi connectivity index (χ3n) is 2.79. The van der Waals surface area contributed by atoms with E-state index >= 15 is 0 Å². The number of fused-ring (bicyclic) bond motifs is 5.